The van der Waals surface area contributed by atoms with E-state index < -0.39 is 0 Å². The summed E-state index contributed by atoms with van der Waals surface area (Å²) in [4.78, 5) is 13.1. The molecule has 0 spiro atoms. The van der Waals surface area contributed by atoms with Crippen molar-refractivity contribution in [2.75, 3.05) is 11.1 Å². The van der Waals surface area contributed by atoms with Crippen LogP contribution in [0, 0.1) is 0 Å². The number of rotatable bonds is 5. The Balaban J connectivity index is 1.79. The Kier molecular flexibility index (Phi) is 6.14. The van der Waals surface area contributed by atoms with E-state index in [1.807, 2.05) is 36.4 Å². The van der Waals surface area contributed by atoms with Crippen LogP contribution in [0.25, 0.3) is 0 Å². The zero-order chi connectivity index (χ0) is 16.9. The van der Waals surface area contributed by atoms with Crippen LogP contribution in [0.1, 0.15) is 32.8 Å². The van der Waals surface area contributed by atoms with Crippen LogP contribution >= 0.6 is 23.4 Å². The maximum absolute atomic E-state index is 12.0. The van der Waals surface area contributed by atoms with Crippen LogP contribution in [-0.2, 0) is 10.2 Å². The molecule has 0 atom stereocenters. The van der Waals surface area contributed by atoms with Crippen molar-refractivity contribution in [3.8, 4) is 0 Å². The molecule has 122 valence electrons. The minimum absolute atomic E-state index is 0.0370. The van der Waals surface area contributed by atoms with Gasteiger partial charge in [0.15, 0.2) is 0 Å². The molecule has 0 saturated carbocycles. The lowest BCUT2D eigenvalue weighted by molar-refractivity contribution is -0.115. The minimum atomic E-state index is 0.0370. The number of halogens is 1. The van der Waals surface area contributed by atoms with Gasteiger partial charge in [-0.2, -0.15) is 0 Å². The third-order valence-electron chi connectivity index (χ3n) is 3.45. The van der Waals surface area contributed by atoms with Crippen molar-refractivity contribution in [3.05, 3.63) is 59.1 Å². The molecule has 0 bridgehead atoms. The zero-order valence-electron chi connectivity index (χ0n) is 13.7. The van der Waals surface area contributed by atoms with Crippen LogP contribution in [0.15, 0.2) is 53.4 Å². The molecular weight excluding hydrogens is 326 g/mol. The maximum atomic E-state index is 12.0. The first-order valence-corrected chi connectivity index (χ1v) is 9.00. The normalized spacial score (nSPS) is 11.3. The number of carbonyl (C=O) groups excluding carboxylic acids is 1. The highest BCUT2D eigenvalue weighted by Crippen LogP contribution is 2.24. The van der Waals surface area contributed by atoms with Crippen molar-refractivity contribution >= 4 is 35.0 Å². The molecule has 0 fully saturated rings. The Bertz CT molecular complexity index is 645. The van der Waals surface area contributed by atoms with Gasteiger partial charge in [-0.1, -0.05) is 44.5 Å². The van der Waals surface area contributed by atoms with E-state index in [0.29, 0.717) is 6.42 Å². The first kappa shape index (κ1) is 17.9. The van der Waals surface area contributed by atoms with Crippen LogP contribution < -0.4 is 5.32 Å². The molecule has 0 aromatic heterocycles. The van der Waals surface area contributed by atoms with Gasteiger partial charge in [0.1, 0.15) is 0 Å². The molecule has 0 radical (unpaired) electrons. The fraction of sp³-hybridized carbons (Fsp3) is 0.316. The fourth-order valence-electron chi connectivity index (χ4n) is 2.07. The minimum Gasteiger partial charge on any atom is -0.326 e. The van der Waals surface area contributed by atoms with Crippen molar-refractivity contribution in [2.45, 2.75) is 37.5 Å². The quantitative estimate of drug-likeness (QED) is 0.697. The van der Waals surface area contributed by atoms with Crippen LogP contribution in [0.4, 0.5) is 5.69 Å². The first-order valence-electron chi connectivity index (χ1n) is 7.63. The Morgan fingerprint density at radius 2 is 1.65 bits per heavy atom. The predicted molar refractivity (Wildman–Crippen MR) is 101 cm³/mol. The van der Waals surface area contributed by atoms with Gasteiger partial charge in [0, 0.05) is 27.8 Å². The number of carbonyl (C=O) groups is 1. The van der Waals surface area contributed by atoms with Crippen molar-refractivity contribution in [1.82, 2.24) is 0 Å². The van der Waals surface area contributed by atoms with E-state index in [9.17, 15) is 4.79 Å². The summed E-state index contributed by atoms with van der Waals surface area (Å²) < 4.78 is 0. The van der Waals surface area contributed by atoms with Crippen LogP contribution in [0.3, 0.4) is 0 Å². The summed E-state index contributed by atoms with van der Waals surface area (Å²) in [6.07, 6.45) is 0.480. The standard InChI is InChI=1S/C19H22ClNOS/c1-19(2,3)14-4-8-16(9-5-14)21-18(22)12-13-23-17-10-6-15(20)7-11-17/h4-11H,12-13H2,1-3H3,(H,21,22). The summed E-state index contributed by atoms with van der Waals surface area (Å²) >= 11 is 7.51. The summed E-state index contributed by atoms with van der Waals surface area (Å²) in [5, 5.41) is 3.67. The van der Waals surface area contributed by atoms with E-state index in [-0.39, 0.29) is 11.3 Å². The summed E-state index contributed by atoms with van der Waals surface area (Å²) in [5.74, 6) is 0.781. The van der Waals surface area contributed by atoms with Gasteiger partial charge < -0.3 is 5.32 Å². The Morgan fingerprint density at radius 1 is 1.04 bits per heavy atom. The average molecular weight is 348 g/mol. The van der Waals surface area contributed by atoms with Gasteiger partial charge in [-0.15, -0.1) is 11.8 Å². The molecule has 0 aliphatic carbocycles. The number of hydrogen-bond donors (Lipinski definition) is 1. The molecule has 0 saturated heterocycles. The van der Waals surface area contributed by atoms with E-state index in [1.54, 1.807) is 11.8 Å². The average Bonchev–Trinajstić information content (AvgIpc) is 2.49. The summed E-state index contributed by atoms with van der Waals surface area (Å²) in [6.45, 7) is 6.53. The Morgan fingerprint density at radius 3 is 2.22 bits per heavy atom. The van der Waals surface area contributed by atoms with Crippen LogP contribution in [0.5, 0.6) is 0 Å². The zero-order valence-corrected chi connectivity index (χ0v) is 15.3. The largest absolute Gasteiger partial charge is 0.326 e. The lowest BCUT2D eigenvalue weighted by atomic mass is 9.87. The van der Waals surface area contributed by atoms with Crippen molar-refractivity contribution in [1.29, 1.82) is 0 Å². The van der Waals surface area contributed by atoms with E-state index in [2.05, 4.69) is 38.2 Å². The lowest BCUT2D eigenvalue weighted by Crippen LogP contribution is -2.13. The first-order chi connectivity index (χ1) is 10.8. The van der Waals surface area contributed by atoms with Gasteiger partial charge in [-0.05, 0) is 47.4 Å². The Hall–Kier alpha value is -1.45. The monoisotopic (exact) mass is 347 g/mol. The second-order valence-corrected chi connectivity index (χ2v) is 8.03. The molecule has 1 N–H and O–H groups in total. The summed E-state index contributed by atoms with van der Waals surface area (Å²) in [5.41, 5.74) is 2.23. The van der Waals surface area contributed by atoms with E-state index >= 15 is 0 Å². The molecule has 1 amide bonds. The molecule has 0 unspecified atom stereocenters. The Labute approximate surface area is 147 Å². The SMILES string of the molecule is CC(C)(C)c1ccc(NC(=O)CCSc2ccc(Cl)cc2)cc1. The van der Waals surface area contributed by atoms with E-state index in [0.717, 1.165) is 21.4 Å². The van der Waals surface area contributed by atoms with Crippen molar-refractivity contribution in [2.24, 2.45) is 0 Å². The van der Waals surface area contributed by atoms with Crippen LogP contribution in [0.2, 0.25) is 5.02 Å². The van der Waals surface area contributed by atoms with Gasteiger partial charge >= 0.3 is 0 Å². The smallest absolute Gasteiger partial charge is 0.225 e. The second kappa shape index (κ2) is 7.89. The number of benzene rings is 2. The highest BCUT2D eigenvalue weighted by atomic mass is 35.5. The van der Waals surface area contributed by atoms with Crippen molar-refractivity contribution in [3.63, 3.8) is 0 Å². The summed E-state index contributed by atoms with van der Waals surface area (Å²) in [7, 11) is 0. The molecular formula is C19H22ClNOS. The number of thioether (sulfide) groups is 1. The molecule has 0 aliphatic heterocycles. The number of amides is 1. The summed E-state index contributed by atoms with van der Waals surface area (Å²) in [6, 6.07) is 15.7. The predicted octanol–water partition coefficient (Wildman–Crippen LogP) is 5.76. The molecule has 23 heavy (non-hydrogen) atoms. The molecule has 0 aliphatic rings. The third kappa shape index (κ3) is 5.92. The number of nitrogens with one attached hydrogen (secondary N) is 1. The molecule has 2 aromatic rings. The maximum Gasteiger partial charge on any atom is 0.225 e. The number of hydrogen-bond acceptors (Lipinski definition) is 2. The molecule has 0 heterocycles. The van der Waals surface area contributed by atoms with Crippen molar-refractivity contribution < 1.29 is 4.79 Å². The van der Waals surface area contributed by atoms with Gasteiger partial charge in [0.25, 0.3) is 0 Å². The highest BCUT2D eigenvalue weighted by Gasteiger charge is 2.13. The number of anilines is 1. The van der Waals surface area contributed by atoms with Gasteiger partial charge in [0.05, 0.1) is 0 Å². The van der Waals surface area contributed by atoms with E-state index in [1.165, 1.54) is 5.56 Å². The van der Waals surface area contributed by atoms with Gasteiger partial charge in [-0.25, -0.2) is 0 Å². The van der Waals surface area contributed by atoms with Gasteiger partial charge in [-0.3, -0.25) is 4.79 Å². The van der Waals surface area contributed by atoms with Crippen LogP contribution in [-0.4, -0.2) is 11.7 Å². The third-order valence-corrected chi connectivity index (χ3v) is 4.71. The molecule has 2 nitrogen and oxygen atoms in total. The lowest BCUT2D eigenvalue weighted by Gasteiger charge is -2.19. The fourth-order valence-corrected chi connectivity index (χ4v) is 3.05. The van der Waals surface area contributed by atoms with E-state index in [4.69, 9.17) is 11.6 Å². The molecule has 2 rings (SSSR count). The molecule has 2 aromatic carbocycles. The second-order valence-electron chi connectivity index (χ2n) is 6.43. The topological polar surface area (TPSA) is 29.1 Å². The molecule has 4 heteroatoms. The highest BCUT2D eigenvalue weighted by molar-refractivity contribution is 7.99. The van der Waals surface area contributed by atoms with Gasteiger partial charge in [0.2, 0.25) is 5.91 Å².